The summed E-state index contributed by atoms with van der Waals surface area (Å²) in [4.78, 5) is 127. The number of hydrogen-bond donors (Lipinski definition) is 4. The number of thiazole rings is 2. The molecule has 2 aliphatic rings. The van der Waals surface area contributed by atoms with Gasteiger partial charge in [-0.05, 0) is 207 Å². The van der Waals surface area contributed by atoms with Crippen LogP contribution >= 0.6 is 22.7 Å². The summed E-state index contributed by atoms with van der Waals surface area (Å²) in [7, 11) is 2.61. The number of aryl methyl sites for hydroxylation is 2. The third kappa shape index (κ3) is 35.0. The molecule has 4 aromatic heterocycles. The number of nitrogens with one attached hydrogen (secondary N) is 1. The number of β-lactam (4-membered cyclic amide) rings is 2. The van der Waals surface area contributed by atoms with Crippen LogP contribution in [-0.4, -0.2) is 232 Å². The van der Waals surface area contributed by atoms with Gasteiger partial charge in [-0.15, -0.1) is 33.4 Å². The van der Waals surface area contributed by atoms with Gasteiger partial charge in [-0.1, -0.05) is 28.4 Å². The molecule has 662 valence electrons. The number of ether oxygens (including phenoxy) is 3. The second-order valence-electron chi connectivity index (χ2n) is 30.6. The minimum Gasteiger partial charge on any atom is -0.724 e. The van der Waals surface area contributed by atoms with E-state index in [1.54, 1.807) is 58.0 Å². The highest BCUT2D eigenvalue weighted by atomic mass is 32.3. The molecule has 0 bridgehead atoms. The van der Waals surface area contributed by atoms with Crippen molar-refractivity contribution in [1.82, 2.24) is 30.1 Å². The second kappa shape index (κ2) is 45.4. The molecule has 6 heterocycles. The standard InChI is InChI=1S/C35H46N6O11S2.C29H36N6O10S2.C17H4.C2HF3O2/c1-21(42)29(19-49-24-14-15-26-22(17-24)12-13-23(36-26)11-10-16-41(7,8)9)51-39-30(27-20-53-32(37-27)38-33(45)50-34(2,3)4)28(43)18-25-31(44)40(35(25,5)6)52-54(46,47)48;1-29(2)20(26(37)34(29)45-47(40,41)42)14-23(36)25(22-16-46-28(30)32-22)33-44-24(27(38)39)15-43-19-10-11-21-17(13-19)8-9-18(31-21)7-6-12-35(3,4)5;1-3-5-7-9-11-13-15-17-16-14-12-10-8-6-4-2;3-2(4,5)1(6)7/h12-15,17,20,25,29H,10-11,16,18-19H2,1-9H3,(H-,37,38,45,46,47,48);8-11,13,16,20,24H,6-7,12,14-15H2,1-5H3,(H3-,30,32,38,39,40,41,42);1H,2H3;(H,6,7)/b39-30-;33-25-;;/t25?,29-;20?,24-;;/m00../s1. The summed E-state index contributed by atoms with van der Waals surface area (Å²) in [6.07, 6.45) is -1.37. The third-order valence-corrected chi connectivity index (χ3v) is 18.8. The van der Waals surface area contributed by atoms with Crippen LogP contribution in [0.1, 0.15) is 111 Å². The Morgan fingerprint density at radius 1 is 0.648 bits per heavy atom. The number of Topliss-reactive ketones (excluding diaryl/α,β-unsaturated/α-hetero) is 3. The molecule has 2 fully saturated rings. The van der Waals surface area contributed by atoms with Gasteiger partial charge in [-0.2, -0.15) is 36.0 Å². The van der Waals surface area contributed by atoms with Gasteiger partial charge in [0.25, 0.3) is 17.9 Å². The maximum absolute atomic E-state index is 13.7. The largest absolute Gasteiger partial charge is 0.724 e. The molecule has 2 aliphatic heterocycles. The minimum absolute atomic E-state index is 0.0166. The third-order valence-electron chi connectivity index (χ3n) is 16.7. The second-order valence-corrected chi connectivity index (χ2v) is 34.4. The number of halogens is 3. The number of ketones is 3. The number of anilines is 2. The predicted octanol–water partition coefficient (Wildman–Crippen LogP) is 6.08. The highest BCUT2D eigenvalue weighted by Crippen LogP contribution is 2.42. The van der Waals surface area contributed by atoms with E-state index in [2.05, 4.69) is 165 Å². The van der Waals surface area contributed by atoms with Crippen molar-refractivity contribution in [3.63, 3.8) is 0 Å². The molecule has 42 heteroatoms. The minimum atomic E-state index is -5.26. The number of nitrogens with two attached hydrogens (primary N) is 1. The average Bonchev–Trinajstić information content (AvgIpc) is 1.30. The van der Waals surface area contributed by atoms with Gasteiger partial charge in [0.05, 0.1) is 89.3 Å². The molecule has 3 amide bonds. The number of fused-ring (bicyclic) bond motifs is 2. The number of carboxylic acid groups (broad SMARTS) is 2. The van der Waals surface area contributed by atoms with E-state index in [1.165, 1.54) is 45.4 Å². The Labute approximate surface area is 727 Å². The van der Waals surface area contributed by atoms with Gasteiger partial charge < -0.3 is 58.1 Å². The van der Waals surface area contributed by atoms with Gasteiger partial charge in [0.15, 0.2) is 39.0 Å². The Balaban J connectivity index is 0.000000353. The molecule has 125 heavy (non-hydrogen) atoms. The van der Waals surface area contributed by atoms with Crippen molar-refractivity contribution in [3.8, 4) is 107 Å². The molecule has 35 nitrogen and oxygen atoms in total. The van der Waals surface area contributed by atoms with Crippen molar-refractivity contribution in [1.29, 1.82) is 0 Å². The molecule has 5 N–H and O–H groups in total. The van der Waals surface area contributed by atoms with Crippen LogP contribution in [0.4, 0.5) is 28.2 Å². The summed E-state index contributed by atoms with van der Waals surface area (Å²) < 4.78 is 123. The number of alkyl halides is 3. The van der Waals surface area contributed by atoms with Gasteiger partial charge in [-0.25, -0.2) is 28.0 Å². The SMILES string of the molecule is C#CC#CC#CC#CC#CC#CC#CC#CC.CC(=O)[C@H](COc1ccc2nc(CCC[N+](C)(C)C)ccc2c1)O/N=C(\C(=O)CC1C(=O)N(OS(=O)(=O)[O-])C1(C)C)c1csc(NC(=O)OC(C)(C)C)n1.CC1(C)C(CC(=O)/C(=N\O[C@@H](COc2ccc3nc(CCC[N+](C)(C)C)ccc3c2)C(=O)O)c2csc(N)n2)C(=O)N1OS(=O)(=O)O.O=C([O-])C(F)(F)F. The summed E-state index contributed by atoms with van der Waals surface area (Å²) in [6.45, 7) is 15.0. The molecule has 2 unspecified atom stereocenters. The fourth-order valence-corrected chi connectivity index (χ4v) is 12.7. The number of nitrogen functional groups attached to an aromatic ring is 1. The molecule has 0 aliphatic carbocycles. The number of carbonyl (C=O) groups is 8. The zero-order valence-corrected chi connectivity index (χ0v) is 73.4. The first-order valence-corrected chi connectivity index (χ1v) is 41.3. The average molecular weight is 1810 g/mol. The molecule has 0 saturated carbocycles. The Kier molecular flexibility index (Phi) is 37.2. The fraction of sp³-hybridized carbons (Fsp3) is 0.398. The lowest BCUT2D eigenvalue weighted by Gasteiger charge is -2.51. The van der Waals surface area contributed by atoms with E-state index in [-0.39, 0.29) is 28.3 Å². The van der Waals surface area contributed by atoms with Gasteiger partial charge in [0.1, 0.15) is 47.7 Å². The van der Waals surface area contributed by atoms with Crippen molar-refractivity contribution in [2.45, 2.75) is 136 Å². The Morgan fingerprint density at radius 3 is 1.42 bits per heavy atom. The number of carbonyl (C=O) groups excluding carboxylic acids is 7. The summed E-state index contributed by atoms with van der Waals surface area (Å²) in [5.74, 6) is 27.3. The molecule has 2 saturated heterocycles. The summed E-state index contributed by atoms with van der Waals surface area (Å²) >= 11 is 1.94. The van der Waals surface area contributed by atoms with Crippen molar-refractivity contribution in [3.05, 3.63) is 94.2 Å². The molecule has 0 radical (unpaired) electrons. The molecular formula is C83H87F3N12O23S4. The fourth-order valence-electron chi connectivity index (χ4n) is 10.6. The number of oxime groups is 2. The number of aliphatic carboxylic acids is 2. The summed E-state index contributed by atoms with van der Waals surface area (Å²) in [6, 6.07) is 18.3. The van der Waals surface area contributed by atoms with Gasteiger partial charge in [0, 0.05) is 58.6 Å². The summed E-state index contributed by atoms with van der Waals surface area (Å²) in [5, 5.41) is 34.2. The Bertz CT molecular complexity index is 5880. The van der Waals surface area contributed by atoms with E-state index in [0.29, 0.717) is 21.6 Å². The predicted molar refractivity (Wildman–Crippen MR) is 448 cm³/mol. The number of benzene rings is 2. The lowest BCUT2D eigenvalue weighted by atomic mass is 9.74. The van der Waals surface area contributed by atoms with Crippen LogP contribution in [0.5, 0.6) is 11.5 Å². The van der Waals surface area contributed by atoms with Crippen LogP contribution in [0.15, 0.2) is 81.7 Å². The monoisotopic (exact) mass is 1800 g/mol. The number of terminal acetylenes is 1. The van der Waals surface area contributed by atoms with E-state index >= 15 is 0 Å². The number of amides is 3. The molecule has 6 aromatic rings. The van der Waals surface area contributed by atoms with Crippen LogP contribution in [0.25, 0.3) is 21.8 Å². The normalized spacial score (nSPS) is 14.9. The molecular weight excluding hydrogens is 1720 g/mol. The van der Waals surface area contributed by atoms with Crippen LogP contribution < -0.4 is 25.6 Å². The van der Waals surface area contributed by atoms with Crippen molar-refractivity contribution >= 4 is 134 Å². The highest BCUT2D eigenvalue weighted by molar-refractivity contribution is 7.81. The van der Waals surface area contributed by atoms with Crippen LogP contribution in [0.3, 0.4) is 0 Å². The first-order chi connectivity index (χ1) is 58.1. The molecule has 4 atom stereocenters. The number of aromatic nitrogens is 4. The number of rotatable bonds is 33. The van der Waals surface area contributed by atoms with E-state index in [4.69, 9.17) is 60.5 Å². The first kappa shape index (κ1) is 103. The molecule has 0 spiro atoms. The van der Waals surface area contributed by atoms with E-state index in [9.17, 15) is 73.2 Å². The molecule has 2 aromatic carbocycles. The van der Waals surface area contributed by atoms with Crippen molar-refractivity contribution < 1.29 is 129 Å². The zero-order chi connectivity index (χ0) is 93.6. The number of hydroxylamine groups is 4. The lowest BCUT2D eigenvalue weighted by Crippen LogP contribution is -2.68. The number of hydrogen-bond acceptors (Lipinski definition) is 30. The zero-order valence-electron chi connectivity index (χ0n) is 70.2. The van der Waals surface area contributed by atoms with Gasteiger partial charge >= 0.3 is 28.6 Å². The van der Waals surface area contributed by atoms with Gasteiger partial charge in [-0.3, -0.25) is 43.8 Å². The number of nitrogens with zero attached hydrogens (tertiary/aromatic N) is 10. The lowest BCUT2D eigenvalue weighted by molar-refractivity contribution is -0.870. The molecule has 8 rings (SSSR count). The quantitative estimate of drug-likeness (QED) is 0.00689. The summed E-state index contributed by atoms with van der Waals surface area (Å²) in [5.41, 5.74) is 4.87. The number of pyridine rings is 2. The van der Waals surface area contributed by atoms with E-state index in [1.807, 2.05) is 30.3 Å². The maximum Gasteiger partial charge on any atom is 0.430 e. The van der Waals surface area contributed by atoms with Crippen molar-refractivity contribution in [2.24, 2.45) is 22.1 Å². The number of quaternary nitrogens is 2. The van der Waals surface area contributed by atoms with E-state index < -0.39 is 146 Å². The van der Waals surface area contributed by atoms with Crippen molar-refractivity contribution in [2.75, 3.05) is 79.6 Å². The van der Waals surface area contributed by atoms with E-state index in [0.717, 1.165) is 104 Å². The van der Waals surface area contributed by atoms with Crippen LogP contribution in [0.2, 0.25) is 0 Å². The maximum atomic E-state index is 13.7. The first-order valence-electron chi connectivity index (χ1n) is 36.9. The van der Waals surface area contributed by atoms with Crippen LogP contribution in [-0.2, 0) is 90.2 Å². The number of carboxylic acids is 2. The highest BCUT2D eigenvalue weighted by Gasteiger charge is 2.59. The topological polar surface area (TPSA) is 477 Å². The smallest absolute Gasteiger partial charge is 0.430 e. The van der Waals surface area contributed by atoms with Crippen LogP contribution in [0, 0.1) is 107 Å². The van der Waals surface area contributed by atoms with Gasteiger partial charge in [0.2, 0.25) is 16.5 Å². The Morgan fingerprint density at radius 2 is 1.06 bits per heavy atom. The Hall–Kier alpha value is -13.1.